The summed E-state index contributed by atoms with van der Waals surface area (Å²) in [7, 11) is 1.38. The first kappa shape index (κ1) is 13.5. The highest BCUT2D eigenvalue weighted by Gasteiger charge is 2.30. The first-order valence-electron chi connectivity index (χ1n) is 6.85. The quantitative estimate of drug-likeness (QED) is 0.762. The number of nitrogens with zero attached hydrogens (tertiary/aromatic N) is 4. The summed E-state index contributed by atoms with van der Waals surface area (Å²) in [6, 6.07) is 0. The molecule has 1 aliphatic heterocycles. The highest BCUT2D eigenvalue weighted by atomic mass is 16.5. The predicted octanol–water partition coefficient (Wildman–Crippen LogP) is 0.754. The van der Waals surface area contributed by atoms with Crippen molar-refractivity contribution in [2.45, 2.75) is 12.8 Å². The number of hydrogen-bond donors (Lipinski definition) is 0. The Kier molecular flexibility index (Phi) is 3.55. The van der Waals surface area contributed by atoms with E-state index in [0.717, 1.165) is 12.8 Å². The highest BCUT2D eigenvalue weighted by Crippen LogP contribution is 2.21. The molecule has 7 nitrogen and oxygen atoms in total. The van der Waals surface area contributed by atoms with Crippen LogP contribution in [0.25, 0.3) is 5.52 Å². The van der Waals surface area contributed by atoms with E-state index in [1.54, 1.807) is 34.2 Å². The molecule has 2 aromatic heterocycles. The second-order valence-corrected chi connectivity index (χ2v) is 5.08. The van der Waals surface area contributed by atoms with Crippen LogP contribution in [-0.2, 0) is 9.53 Å². The van der Waals surface area contributed by atoms with Crippen molar-refractivity contribution in [3.63, 3.8) is 0 Å². The molecular weight excluding hydrogens is 272 g/mol. The Hall–Kier alpha value is -2.44. The molecule has 1 atom stereocenters. The third-order valence-corrected chi connectivity index (χ3v) is 3.80. The van der Waals surface area contributed by atoms with E-state index >= 15 is 0 Å². The Labute approximate surface area is 121 Å². The normalized spacial score (nSPS) is 18.7. The van der Waals surface area contributed by atoms with Crippen LogP contribution in [0.15, 0.2) is 24.8 Å². The molecule has 0 aliphatic carbocycles. The van der Waals surface area contributed by atoms with Gasteiger partial charge in [-0.2, -0.15) is 5.10 Å². The van der Waals surface area contributed by atoms with Gasteiger partial charge in [0.05, 0.1) is 36.5 Å². The fourth-order valence-corrected chi connectivity index (χ4v) is 2.69. The Morgan fingerprint density at radius 3 is 3.05 bits per heavy atom. The van der Waals surface area contributed by atoms with Crippen molar-refractivity contribution >= 4 is 17.4 Å². The molecule has 0 spiro atoms. The summed E-state index contributed by atoms with van der Waals surface area (Å²) in [6.45, 7) is 1.03. The number of hydrogen-bond acceptors (Lipinski definition) is 5. The molecule has 3 heterocycles. The molecule has 21 heavy (non-hydrogen) atoms. The maximum absolute atomic E-state index is 12.6. The fraction of sp³-hybridized carbons (Fsp3) is 0.429. The summed E-state index contributed by atoms with van der Waals surface area (Å²) < 4.78 is 6.39. The zero-order chi connectivity index (χ0) is 14.8. The molecule has 1 saturated heterocycles. The van der Waals surface area contributed by atoms with Crippen LogP contribution in [0.4, 0.5) is 0 Å². The van der Waals surface area contributed by atoms with Crippen LogP contribution < -0.4 is 0 Å². The SMILES string of the molecule is COC(=O)[C@H]1CCCN(C(=O)c2cnn3ccncc23)C1. The van der Waals surface area contributed by atoms with Crippen LogP contribution in [0.1, 0.15) is 23.2 Å². The van der Waals surface area contributed by atoms with Gasteiger partial charge in [0.25, 0.3) is 5.91 Å². The minimum absolute atomic E-state index is 0.119. The van der Waals surface area contributed by atoms with Crippen LogP contribution in [0.3, 0.4) is 0 Å². The molecule has 7 heteroatoms. The zero-order valence-electron chi connectivity index (χ0n) is 11.7. The lowest BCUT2D eigenvalue weighted by molar-refractivity contribution is -0.146. The lowest BCUT2D eigenvalue weighted by Crippen LogP contribution is -2.42. The van der Waals surface area contributed by atoms with E-state index in [4.69, 9.17) is 4.74 Å². The summed E-state index contributed by atoms with van der Waals surface area (Å²) in [5, 5.41) is 4.14. The van der Waals surface area contributed by atoms with E-state index in [0.29, 0.717) is 24.2 Å². The van der Waals surface area contributed by atoms with Gasteiger partial charge in [0, 0.05) is 25.5 Å². The summed E-state index contributed by atoms with van der Waals surface area (Å²) in [5.74, 6) is -0.617. The minimum atomic E-state index is -0.256. The third kappa shape index (κ3) is 2.46. The number of ether oxygens (including phenoxy) is 1. The Bertz CT molecular complexity index is 682. The number of esters is 1. The van der Waals surface area contributed by atoms with Crippen molar-refractivity contribution in [3.05, 3.63) is 30.4 Å². The van der Waals surface area contributed by atoms with Gasteiger partial charge < -0.3 is 9.64 Å². The molecule has 0 unspecified atom stereocenters. The van der Waals surface area contributed by atoms with Crippen molar-refractivity contribution < 1.29 is 14.3 Å². The van der Waals surface area contributed by atoms with Gasteiger partial charge in [0.1, 0.15) is 0 Å². The van der Waals surface area contributed by atoms with E-state index in [1.165, 1.54) is 7.11 Å². The van der Waals surface area contributed by atoms with Gasteiger partial charge in [-0.15, -0.1) is 0 Å². The first-order chi connectivity index (χ1) is 10.2. The molecule has 0 bridgehead atoms. The molecule has 110 valence electrons. The van der Waals surface area contributed by atoms with Crippen LogP contribution in [-0.4, -0.2) is 51.6 Å². The number of carbonyl (C=O) groups excluding carboxylic acids is 2. The van der Waals surface area contributed by atoms with Gasteiger partial charge in [-0.3, -0.25) is 14.6 Å². The molecule has 1 aliphatic rings. The summed E-state index contributed by atoms with van der Waals surface area (Å²) in [4.78, 5) is 30.0. The number of amides is 1. The van der Waals surface area contributed by atoms with Crippen LogP contribution in [0.2, 0.25) is 0 Å². The van der Waals surface area contributed by atoms with Crippen LogP contribution >= 0.6 is 0 Å². The van der Waals surface area contributed by atoms with Gasteiger partial charge in [0.2, 0.25) is 0 Å². The monoisotopic (exact) mass is 288 g/mol. The van der Waals surface area contributed by atoms with E-state index in [2.05, 4.69) is 10.1 Å². The second-order valence-electron chi connectivity index (χ2n) is 5.08. The standard InChI is InChI=1S/C14H16N4O3/c1-21-14(20)10-3-2-5-17(9-10)13(19)11-7-16-18-6-4-15-8-12(11)18/h4,6-8,10H,2-3,5,9H2,1H3/t10-/m0/s1. The van der Waals surface area contributed by atoms with Gasteiger partial charge in [-0.1, -0.05) is 0 Å². The number of aromatic nitrogens is 3. The van der Waals surface area contributed by atoms with Gasteiger partial charge in [-0.25, -0.2) is 4.52 Å². The van der Waals surface area contributed by atoms with Gasteiger partial charge in [-0.05, 0) is 12.8 Å². The van der Waals surface area contributed by atoms with Crippen molar-refractivity contribution in [2.24, 2.45) is 5.92 Å². The summed E-state index contributed by atoms with van der Waals surface area (Å²) in [5.41, 5.74) is 1.18. The van der Waals surface area contributed by atoms with E-state index in [1.807, 2.05) is 0 Å². The van der Waals surface area contributed by atoms with E-state index < -0.39 is 0 Å². The Morgan fingerprint density at radius 2 is 2.24 bits per heavy atom. The number of carbonyl (C=O) groups is 2. The highest BCUT2D eigenvalue weighted by molar-refractivity contribution is 6.00. The molecule has 1 fully saturated rings. The molecule has 0 saturated carbocycles. The smallest absolute Gasteiger partial charge is 0.310 e. The van der Waals surface area contributed by atoms with Crippen molar-refractivity contribution in [1.82, 2.24) is 19.5 Å². The zero-order valence-corrected chi connectivity index (χ0v) is 11.7. The molecule has 2 aromatic rings. The molecule has 0 radical (unpaired) electrons. The van der Waals surface area contributed by atoms with Crippen molar-refractivity contribution in [1.29, 1.82) is 0 Å². The molecular formula is C14H16N4O3. The fourth-order valence-electron chi connectivity index (χ4n) is 2.69. The predicted molar refractivity (Wildman–Crippen MR) is 73.6 cm³/mol. The van der Waals surface area contributed by atoms with Gasteiger partial charge in [0.15, 0.2) is 0 Å². The van der Waals surface area contributed by atoms with E-state index in [9.17, 15) is 9.59 Å². The Balaban J connectivity index is 1.83. The topological polar surface area (TPSA) is 76.8 Å². The lowest BCUT2D eigenvalue weighted by atomic mass is 9.97. The summed E-state index contributed by atoms with van der Waals surface area (Å²) in [6.07, 6.45) is 8.01. The average molecular weight is 288 g/mol. The number of fused-ring (bicyclic) bond motifs is 1. The largest absolute Gasteiger partial charge is 0.469 e. The number of likely N-dealkylation sites (tertiary alicyclic amines) is 1. The molecule has 1 amide bonds. The maximum Gasteiger partial charge on any atom is 0.310 e. The maximum atomic E-state index is 12.6. The number of rotatable bonds is 2. The molecule has 0 aromatic carbocycles. The van der Waals surface area contributed by atoms with Crippen LogP contribution in [0.5, 0.6) is 0 Å². The number of piperidine rings is 1. The second kappa shape index (κ2) is 5.51. The minimum Gasteiger partial charge on any atom is -0.469 e. The number of methoxy groups -OCH3 is 1. The van der Waals surface area contributed by atoms with Gasteiger partial charge >= 0.3 is 5.97 Å². The average Bonchev–Trinajstić information content (AvgIpc) is 2.97. The summed E-state index contributed by atoms with van der Waals surface area (Å²) >= 11 is 0. The lowest BCUT2D eigenvalue weighted by Gasteiger charge is -2.31. The third-order valence-electron chi connectivity index (χ3n) is 3.80. The molecule has 0 N–H and O–H groups in total. The Morgan fingerprint density at radius 1 is 1.38 bits per heavy atom. The van der Waals surface area contributed by atoms with Crippen LogP contribution in [0, 0.1) is 5.92 Å². The molecule has 3 rings (SSSR count). The first-order valence-corrected chi connectivity index (χ1v) is 6.85. The van der Waals surface area contributed by atoms with Crippen molar-refractivity contribution in [2.75, 3.05) is 20.2 Å². The van der Waals surface area contributed by atoms with Crippen molar-refractivity contribution in [3.8, 4) is 0 Å². The van der Waals surface area contributed by atoms with E-state index in [-0.39, 0.29) is 17.8 Å².